The van der Waals surface area contributed by atoms with E-state index in [1.807, 2.05) is 12.1 Å². The van der Waals surface area contributed by atoms with Gasteiger partial charge in [-0.2, -0.15) is 4.98 Å². The average Bonchev–Trinajstić information content (AvgIpc) is 2.99. The fourth-order valence-corrected chi connectivity index (χ4v) is 2.59. The zero-order valence-electron chi connectivity index (χ0n) is 12.3. The zero-order valence-corrected chi connectivity index (χ0v) is 12.3. The van der Waals surface area contributed by atoms with Crippen LogP contribution in [0.3, 0.4) is 0 Å². The van der Waals surface area contributed by atoms with E-state index in [9.17, 15) is 0 Å². The van der Waals surface area contributed by atoms with Crippen molar-refractivity contribution in [1.29, 1.82) is 0 Å². The Morgan fingerprint density at radius 2 is 2.05 bits per heavy atom. The number of rotatable bonds is 5. The van der Waals surface area contributed by atoms with Crippen molar-refractivity contribution >= 4 is 0 Å². The summed E-state index contributed by atoms with van der Waals surface area (Å²) in [5.41, 5.74) is 0.926. The second kappa shape index (κ2) is 6.78. The van der Waals surface area contributed by atoms with Crippen LogP contribution in [-0.4, -0.2) is 46.7 Å². The van der Waals surface area contributed by atoms with E-state index in [2.05, 4.69) is 32.4 Å². The predicted octanol–water partition coefficient (Wildman–Crippen LogP) is 1.56. The molecule has 2 aromatic rings. The number of hydrogen-bond acceptors (Lipinski definition) is 6. The van der Waals surface area contributed by atoms with Gasteiger partial charge in [0.2, 0.25) is 11.7 Å². The second-order valence-corrected chi connectivity index (χ2v) is 5.63. The molecule has 0 spiro atoms. The van der Waals surface area contributed by atoms with E-state index in [-0.39, 0.29) is 0 Å². The molecule has 1 saturated heterocycles. The molecule has 6 nitrogen and oxygen atoms in total. The van der Waals surface area contributed by atoms with E-state index >= 15 is 0 Å². The number of likely N-dealkylation sites (tertiary alicyclic amines) is 1. The van der Waals surface area contributed by atoms with Crippen molar-refractivity contribution in [2.45, 2.75) is 19.4 Å². The van der Waals surface area contributed by atoms with Gasteiger partial charge in [0.15, 0.2) is 0 Å². The number of nitrogens with one attached hydrogen (secondary N) is 1. The molecule has 6 heteroatoms. The van der Waals surface area contributed by atoms with Crippen molar-refractivity contribution < 1.29 is 4.52 Å². The first kappa shape index (κ1) is 14.2. The molecular weight excluding hydrogens is 266 g/mol. The highest BCUT2D eigenvalue weighted by Crippen LogP contribution is 2.16. The number of nitrogens with zero attached hydrogens (tertiary/aromatic N) is 4. The summed E-state index contributed by atoms with van der Waals surface area (Å²) in [5, 5.41) is 7.43. The molecule has 0 aromatic carbocycles. The number of hydrogen-bond donors (Lipinski definition) is 1. The molecular formula is C15H21N5O. The Morgan fingerprint density at radius 3 is 2.81 bits per heavy atom. The van der Waals surface area contributed by atoms with Gasteiger partial charge in [-0.25, -0.2) is 0 Å². The van der Waals surface area contributed by atoms with E-state index in [1.165, 1.54) is 25.9 Å². The van der Waals surface area contributed by atoms with Gasteiger partial charge in [0, 0.05) is 18.0 Å². The van der Waals surface area contributed by atoms with Gasteiger partial charge in [-0.15, -0.1) is 0 Å². The smallest absolute Gasteiger partial charge is 0.240 e. The Hall–Kier alpha value is -1.79. The van der Waals surface area contributed by atoms with Crippen LogP contribution in [0.1, 0.15) is 18.7 Å². The van der Waals surface area contributed by atoms with E-state index in [0.717, 1.165) is 18.0 Å². The van der Waals surface area contributed by atoms with Gasteiger partial charge in [-0.05, 0) is 57.6 Å². The van der Waals surface area contributed by atoms with Crippen LogP contribution in [0, 0.1) is 5.92 Å². The third kappa shape index (κ3) is 3.86. The summed E-state index contributed by atoms with van der Waals surface area (Å²) in [6.07, 6.45) is 5.97. The second-order valence-electron chi connectivity index (χ2n) is 5.63. The van der Waals surface area contributed by atoms with Gasteiger partial charge in [0.1, 0.15) is 0 Å². The molecule has 0 saturated carbocycles. The maximum atomic E-state index is 5.27. The number of pyridine rings is 1. The largest absolute Gasteiger partial charge is 0.338 e. The molecule has 1 N–H and O–H groups in total. The Morgan fingerprint density at radius 1 is 1.29 bits per heavy atom. The van der Waals surface area contributed by atoms with Crippen LogP contribution in [0.25, 0.3) is 11.4 Å². The first-order valence-electron chi connectivity index (χ1n) is 7.43. The van der Waals surface area contributed by atoms with Crippen molar-refractivity contribution in [3.63, 3.8) is 0 Å². The third-order valence-corrected chi connectivity index (χ3v) is 3.95. The van der Waals surface area contributed by atoms with Gasteiger partial charge in [-0.1, -0.05) is 5.16 Å². The molecule has 2 aromatic heterocycles. The van der Waals surface area contributed by atoms with Crippen molar-refractivity contribution in [3.8, 4) is 11.4 Å². The van der Waals surface area contributed by atoms with Gasteiger partial charge in [0.25, 0.3) is 0 Å². The topological polar surface area (TPSA) is 67.1 Å². The van der Waals surface area contributed by atoms with Gasteiger partial charge in [-0.3, -0.25) is 4.98 Å². The van der Waals surface area contributed by atoms with E-state index in [0.29, 0.717) is 18.3 Å². The lowest BCUT2D eigenvalue weighted by atomic mass is 9.97. The minimum atomic E-state index is 0.619. The molecule has 0 unspecified atom stereocenters. The van der Waals surface area contributed by atoms with E-state index in [1.54, 1.807) is 12.4 Å². The first-order chi connectivity index (χ1) is 10.3. The molecule has 0 amide bonds. The van der Waals surface area contributed by atoms with Crippen LogP contribution < -0.4 is 5.32 Å². The molecule has 0 aliphatic carbocycles. The maximum absolute atomic E-state index is 5.27. The average molecular weight is 287 g/mol. The molecule has 1 aliphatic rings. The summed E-state index contributed by atoms with van der Waals surface area (Å²) in [7, 11) is 2.18. The lowest BCUT2D eigenvalue weighted by molar-refractivity contribution is 0.214. The maximum Gasteiger partial charge on any atom is 0.240 e. The zero-order chi connectivity index (χ0) is 14.5. The molecule has 1 aliphatic heterocycles. The molecule has 0 bridgehead atoms. The van der Waals surface area contributed by atoms with E-state index in [4.69, 9.17) is 4.52 Å². The van der Waals surface area contributed by atoms with Crippen LogP contribution >= 0.6 is 0 Å². The van der Waals surface area contributed by atoms with Crippen molar-refractivity contribution in [2.24, 2.45) is 5.92 Å². The summed E-state index contributed by atoms with van der Waals surface area (Å²) in [6, 6.07) is 3.75. The summed E-state index contributed by atoms with van der Waals surface area (Å²) >= 11 is 0. The lowest BCUT2D eigenvalue weighted by Gasteiger charge is -2.28. The van der Waals surface area contributed by atoms with Gasteiger partial charge < -0.3 is 14.7 Å². The monoisotopic (exact) mass is 287 g/mol. The summed E-state index contributed by atoms with van der Waals surface area (Å²) in [6.45, 7) is 4.03. The van der Waals surface area contributed by atoms with Crippen LogP contribution in [0.15, 0.2) is 29.0 Å². The lowest BCUT2D eigenvalue weighted by Crippen LogP contribution is -2.34. The molecule has 21 heavy (non-hydrogen) atoms. The molecule has 0 radical (unpaired) electrons. The van der Waals surface area contributed by atoms with Crippen molar-refractivity contribution in [1.82, 2.24) is 25.3 Å². The van der Waals surface area contributed by atoms with Gasteiger partial charge in [0.05, 0.1) is 6.54 Å². The van der Waals surface area contributed by atoms with Crippen LogP contribution in [0.2, 0.25) is 0 Å². The first-order valence-corrected chi connectivity index (χ1v) is 7.43. The van der Waals surface area contributed by atoms with Crippen molar-refractivity contribution in [2.75, 3.05) is 26.7 Å². The number of aromatic nitrogens is 3. The normalized spacial score (nSPS) is 17.2. The molecule has 112 valence electrons. The molecule has 3 heterocycles. The Balaban J connectivity index is 1.47. The van der Waals surface area contributed by atoms with Crippen LogP contribution in [0.4, 0.5) is 0 Å². The standard InChI is InChI=1S/C15H21N5O/c1-20-8-4-12(5-9-20)10-17-11-14-18-15(19-21-14)13-2-6-16-7-3-13/h2-3,6-7,12,17H,4-5,8-11H2,1H3. The summed E-state index contributed by atoms with van der Waals surface area (Å²) < 4.78 is 5.27. The molecule has 3 rings (SSSR count). The SMILES string of the molecule is CN1CCC(CNCc2nc(-c3ccncc3)no2)CC1. The molecule has 1 fully saturated rings. The Kier molecular flexibility index (Phi) is 4.57. The number of piperidine rings is 1. The Labute approximate surface area is 124 Å². The highest BCUT2D eigenvalue weighted by Gasteiger charge is 2.16. The Bertz CT molecular complexity index is 548. The van der Waals surface area contributed by atoms with E-state index < -0.39 is 0 Å². The van der Waals surface area contributed by atoms with Gasteiger partial charge >= 0.3 is 0 Å². The van der Waals surface area contributed by atoms with Crippen LogP contribution in [0.5, 0.6) is 0 Å². The molecule has 0 atom stereocenters. The minimum Gasteiger partial charge on any atom is -0.338 e. The quantitative estimate of drug-likeness (QED) is 0.900. The fourth-order valence-electron chi connectivity index (χ4n) is 2.59. The highest BCUT2D eigenvalue weighted by molar-refractivity contribution is 5.52. The van der Waals surface area contributed by atoms with Crippen LogP contribution in [-0.2, 0) is 6.54 Å². The minimum absolute atomic E-state index is 0.619. The fraction of sp³-hybridized carbons (Fsp3) is 0.533. The van der Waals surface area contributed by atoms with Crippen molar-refractivity contribution in [3.05, 3.63) is 30.4 Å². The summed E-state index contributed by atoms with van der Waals surface area (Å²) in [4.78, 5) is 10.8. The summed E-state index contributed by atoms with van der Waals surface area (Å²) in [5.74, 6) is 2.01. The highest BCUT2D eigenvalue weighted by atomic mass is 16.5. The predicted molar refractivity (Wildman–Crippen MR) is 79.5 cm³/mol. The third-order valence-electron chi connectivity index (χ3n) is 3.95.